The average Bonchev–Trinajstić information content (AvgIpc) is 2.16. The first-order valence-corrected chi connectivity index (χ1v) is 4.27. The van der Waals surface area contributed by atoms with Gasteiger partial charge in [-0.3, -0.25) is 0 Å². The molecule has 1 aliphatic carbocycles. The van der Waals surface area contributed by atoms with Crippen molar-refractivity contribution in [1.82, 2.24) is 0 Å². The lowest BCUT2D eigenvalue weighted by atomic mass is 9.84. The van der Waals surface area contributed by atoms with Crippen molar-refractivity contribution in [2.75, 3.05) is 0 Å². The second-order valence-electron chi connectivity index (χ2n) is 3.77. The predicted octanol–water partition coefficient (Wildman–Crippen LogP) is 4.00. The Kier molecular flexibility index (Phi) is 4.00. The SMILES string of the molecule is C.CCCC1(C)CCCC1. The fraction of sp³-hybridized carbons (Fsp3) is 1.00. The standard InChI is InChI=1S/C9H18.CH4/c1-3-6-9(2)7-4-5-8-9;/h3-8H2,1-2H3;1H4. The summed E-state index contributed by atoms with van der Waals surface area (Å²) in [5.41, 5.74) is 0.745. The lowest BCUT2D eigenvalue weighted by molar-refractivity contribution is 0.305. The van der Waals surface area contributed by atoms with Crippen molar-refractivity contribution in [3.05, 3.63) is 0 Å². The van der Waals surface area contributed by atoms with Gasteiger partial charge in [-0.05, 0) is 24.7 Å². The molecule has 0 nitrogen and oxygen atoms in total. The van der Waals surface area contributed by atoms with Gasteiger partial charge in [-0.1, -0.05) is 40.5 Å². The van der Waals surface area contributed by atoms with Crippen LogP contribution in [0.4, 0.5) is 0 Å². The third-order valence-electron chi connectivity index (χ3n) is 2.66. The number of hydrogen-bond donors (Lipinski definition) is 0. The molecule has 0 aromatic carbocycles. The molecule has 0 spiro atoms. The van der Waals surface area contributed by atoms with Crippen LogP contribution < -0.4 is 0 Å². The molecule has 0 radical (unpaired) electrons. The molecule has 0 aromatic rings. The maximum absolute atomic E-state index is 2.45. The van der Waals surface area contributed by atoms with Crippen LogP contribution in [0.3, 0.4) is 0 Å². The van der Waals surface area contributed by atoms with Gasteiger partial charge in [0.1, 0.15) is 0 Å². The minimum atomic E-state index is 0. The summed E-state index contributed by atoms with van der Waals surface area (Å²) in [5, 5.41) is 0. The van der Waals surface area contributed by atoms with Gasteiger partial charge >= 0.3 is 0 Å². The minimum Gasteiger partial charge on any atom is -0.0776 e. The molecule has 62 valence electrons. The summed E-state index contributed by atoms with van der Waals surface area (Å²) in [5.74, 6) is 0. The minimum absolute atomic E-state index is 0. The normalized spacial score (nSPS) is 22.2. The van der Waals surface area contributed by atoms with E-state index in [9.17, 15) is 0 Å². The molecule has 1 rings (SSSR count). The van der Waals surface area contributed by atoms with E-state index >= 15 is 0 Å². The summed E-state index contributed by atoms with van der Waals surface area (Å²) in [4.78, 5) is 0. The van der Waals surface area contributed by atoms with E-state index < -0.39 is 0 Å². The molecule has 0 bridgehead atoms. The quantitative estimate of drug-likeness (QED) is 0.546. The van der Waals surface area contributed by atoms with Crippen LogP contribution in [0.2, 0.25) is 0 Å². The van der Waals surface area contributed by atoms with Crippen molar-refractivity contribution >= 4 is 0 Å². The fourth-order valence-electron chi connectivity index (χ4n) is 2.08. The molecular weight excluding hydrogens is 120 g/mol. The second kappa shape index (κ2) is 4.00. The summed E-state index contributed by atoms with van der Waals surface area (Å²) in [7, 11) is 0. The van der Waals surface area contributed by atoms with Gasteiger partial charge in [-0.25, -0.2) is 0 Å². The molecule has 0 heterocycles. The van der Waals surface area contributed by atoms with Gasteiger partial charge in [0.05, 0.1) is 0 Å². The van der Waals surface area contributed by atoms with Crippen LogP contribution in [-0.4, -0.2) is 0 Å². The topological polar surface area (TPSA) is 0 Å². The molecule has 10 heavy (non-hydrogen) atoms. The summed E-state index contributed by atoms with van der Waals surface area (Å²) in [6, 6.07) is 0. The average molecular weight is 142 g/mol. The highest BCUT2D eigenvalue weighted by Crippen LogP contribution is 2.40. The molecule has 0 saturated heterocycles. The summed E-state index contributed by atoms with van der Waals surface area (Å²) >= 11 is 0. The Labute approximate surface area is 66.0 Å². The van der Waals surface area contributed by atoms with Crippen LogP contribution in [-0.2, 0) is 0 Å². The molecule has 0 heteroatoms. The van der Waals surface area contributed by atoms with Crippen LogP contribution in [0.1, 0.15) is 59.8 Å². The van der Waals surface area contributed by atoms with E-state index in [0.717, 1.165) is 5.41 Å². The Bertz CT molecular complexity index is 78.0. The second-order valence-corrected chi connectivity index (χ2v) is 3.77. The Morgan fingerprint density at radius 2 is 1.70 bits per heavy atom. The van der Waals surface area contributed by atoms with E-state index in [0.29, 0.717) is 0 Å². The molecule has 0 amide bonds. The molecule has 0 atom stereocenters. The van der Waals surface area contributed by atoms with Gasteiger partial charge in [0.2, 0.25) is 0 Å². The van der Waals surface area contributed by atoms with E-state index in [1.54, 1.807) is 0 Å². The monoisotopic (exact) mass is 142 g/mol. The van der Waals surface area contributed by atoms with E-state index in [1.165, 1.54) is 38.5 Å². The third kappa shape index (κ3) is 2.32. The maximum Gasteiger partial charge on any atom is -0.0326 e. The molecular formula is C10H22. The van der Waals surface area contributed by atoms with Gasteiger partial charge in [0, 0.05) is 0 Å². The molecule has 0 unspecified atom stereocenters. The Hall–Kier alpha value is 0. The van der Waals surface area contributed by atoms with Crippen LogP contribution >= 0.6 is 0 Å². The van der Waals surface area contributed by atoms with Crippen LogP contribution in [0.15, 0.2) is 0 Å². The molecule has 1 saturated carbocycles. The first-order valence-electron chi connectivity index (χ1n) is 4.27. The van der Waals surface area contributed by atoms with Gasteiger partial charge < -0.3 is 0 Å². The van der Waals surface area contributed by atoms with Gasteiger partial charge in [0.25, 0.3) is 0 Å². The highest BCUT2D eigenvalue weighted by atomic mass is 14.3. The lowest BCUT2D eigenvalue weighted by Crippen LogP contribution is -2.09. The van der Waals surface area contributed by atoms with E-state index in [2.05, 4.69) is 13.8 Å². The van der Waals surface area contributed by atoms with Gasteiger partial charge in [-0.15, -0.1) is 0 Å². The molecule has 0 aromatic heterocycles. The largest absolute Gasteiger partial charge is 0.0776 e. The first kappa shape index (κ1) is 10.0. The Morgan fingerprint density at radius 3 is 2.10 bits per heavy atom. The first-order chi connectivity index (χ1) is 4.27. The van der Waals surface area contributed by atoms with Crippen LogP contribution in [0.5, 0.6) is 0 Å². The Balaban J connectivity index is 0.000000810. The van der Waals surface area contributed by atoms with E-state index in [1.807, 2.05) is 0 Å². The van der Waals surface area contributed by atoms with Crippen molar-refractivity contribution in [3.63, 3.8) is 0 Å². The van der Waals surface area contributed by atoms with Crippen LogP contribution in [0.25, 0.3) is 0 Å². The van der Waals surface area contributed by atoms with Crippen molar-refractivity contribution < 1.29 is 0 Å². The van der Waals surface area contributed by atoms with Crippen molar-refractivity contribution in [1.29, 1.82) is 0 Å². The highest BCUT2D eigenvalue weighted by molar-refractivity contribution is 4.79. The van der Waals surface area contributed by atoms with Crippen molar-refractivity contribution in [3.8, 4) is 0 Å². The van der Waals surface area contributed by atoms with Gasteiger partial charge in [-0.2, -0.15) is 0 Å². The summed E-state index contributed by atoms with van der Waals surface area (Å²) in [6.45, 7) is 4.74. The number of hydrogen-bond acceptors (Lipinski definition) is 0. The van der Waals surface area contributed by atoms with Crippen LogP contribution in [0, 0.1) is 5.41 Å². The fourth-order valence-corrected chi connectivity index (χ4v) is 2.08. The Morgan fingerprint density at radius 1 is 1.20 bits per heavy atom. The van der Waals surface area contributed by atoms with E-state index in [4.69, 9.17) is 0 Å². The third-order valence-corrected chi connectivity index (χ3v) is 2.66. The molecule has 1 aliphatic rings. The smallest absolute Gasteiger partial charge is 0.0326 e. The van der Waals surface area contributed by atoms with Gasteiger partial charge in [0.15, 0.2) is 0 Å². The summed E-state index contributed by atoms with van der Waals surface area (Å²) < 4.78 is 0. The zero-order valence-electron chi connectivity index (χ0n) is 6.74. The zero-order valence-corrected chi connectivity index (χ0v) is 6.74. The molecule has 1 fully saturated rings. The van der Waals surface area contributed by atoms with Crippen molar-refractivity contribution in [2.24, 2.45) is 5.41 Å². The predicted molar refractivity (Wildman–Crippen MR) is 48.2 cm³/mol. The highest BCUT2D eigenvalue weighted by Gasteiger charge is 2.26. The van der Waals surface area contributed by atoms with Crippen molar-refractivity contribution in [2.45, 2.75) is 59.8 Å². The van der Waals surface area contributed by atoms with E-state index in [-0.39, 0.29) is 7.43 Å². The maximum atomic E-state index is 2.45. The zero-order chi connectivity index (χ0) is 6.74. The lowest BCUT2D eigenvalue weighted by Gasteiger charge is -2.21. The summed E-state index contributed by atoms with van der Waals surface area (Å²) in [6.07, 6.45) is 8.76. The molecule has 0 N–H and O–H groups in total. The number of rotatable bonds is 2. The molecule has 0 aliphatic heterocycles.